The van der Waals surface area contributed by atoms with Crippen molar-refractivity contribution in [2.75, 3.05) is 0 Å². The first-order valence-corrected chi connectivity index (χ1v) is 18.5. The van der Waals surface area contributed by atoms with Crippen LogP contribution < -0.4 is 0 Å². The van der Waals surface area contributed by atoms with Crippen LogP contribution in [0.4, 0.5) is 0 Å². The van der Waals surface area contributed by atoms with Crippen molar-refractivity contribution < 1.29 is 8.83 Å². The van der Waals surface area contributed by atoms with Gasteiger partial charge in [-0.25, -0.2) is 9.97 Å². The highest BCUT2D eigenvalue weighted by Crippen LogP contribution is 2.42. The smallest absolute Gasteiger partial charge is 0.236 e. The zero-order chi connectivity index (χ0) is 36.0. The van der Waals surface area contributed by atoms with Crippen LogP contribution in [0.25, 0.3) is 116 Å². The molecule has 0 aliphatic carbocycles. The number of nitrogens with zero attached hydrogens (tertiary/aromatic N) is 3. The summed E-state index contributed by atoms with van der Waals surface area (Å²) in [7, 11) is 0. The van der Waals surface area contributed by atoms with Gasteiger partial charge in [-0.1, -0.05) is 115 Å². The van der Waals surface area contributed by atoms with E-state index in [4.69, 9.17) is 18.8 Å². The molecule has 256 valence electrons. The van der Waals surface area contributed by atoms with Gasteiger partial charge in [0.15, 0.2) is 5.58 Å². The molecule has 55 heavy (non-hydrogen) atoms. The molecule has 8 aromatic carbocycles. The number of aromatic nitrogens is 3. The molecular weight excluding hydrogens is 675 g/mol. The van der Waals surface area contributed by atoms with Crippen LogP contribution in [0.3, 0.4) is 0 Å². The van der Waals surface area contributed by atoms with Crippen LogP contribution >= 0.6 is 0 Å². The normalized spacial score (nSPS) is 12.0. The molecule has 12 rings (SSSR count). The molecule has 0 radical (unpaired) electrons. The molecule has 12 aromatic rings. The molecule has 0 N–H and O–H groups in total. The van der Waals surface area contributed by atoms with E-state index in [-0.39, 0.29) is 0 Å². The second-order valence-corrected chi connectivity index (χ2v) is 14.2. The first kappa shape index (κ1) is 30.0. The molecule has 0 unspecified atom stereocenters. The number of para-hydroxylation sites is 3. The molecule has 0 aliphatic heterocycles. The van der Waals surface area contributed by atoms with Crippen LogP contribution in [0.5, 0.6) is 0 Å². The Morgan fingerprint density at radius 3 is 1.71 bits per heavy atom. The molecule has 0 amide bonds. The molecule has 0 spiro atoms. The van der Waals surface area contributed by atoms with Gasteiger partial charge in [-0.15, -0.1) is 0 Å². The average Bonchev–Trinajstić information content (AvgIpc) is 3.93. The van der Waals surface area contributed by atoms with Gasteiger partial charge in [-0.2, -0.15) is 0 Å². The third-order valence-corrected chi connectivity index (χ3v) is 11.0. The Bertz CT molecular complexity index is 3430. The lowest BCUT2D eigenvalue weighted by atomic mass is 9.95. The van der Waals surface area contributed by atoms with E-state index in [0.717, 1.165) is 105 Å². The Morgan fingerprint density at radius 1 is 0.364 bits per heavy atom. The number of hydrogen-bond acceptors (Lipinski definition) is 4. The van der Waals surface area contributed by atoms with E-state index >= 15 is 0 Å². The predicted octanol–water partition coefficient (Wildman–Crippen LogP) is 13.5. The van der Waals surface area contributed by atoms with Crippen molar-refractivity contribution in [1.29, 1.82) is 0 Å². The standard InChI is InChI=1S/C50H29N3O2/c1-3-13-30(14-4-1)33-25-34(31-15-5-2-6-16-31)27-35(26-33)46-49-47(39-19-9-12-22-45(39)55-49)52-50(51-46)53-42-20-10-7-17-36(42)41-28-32-23-24-38-37-18-8-11-21-44(37)54-48(38)40(32)29-43(41)53/h1-29H. The van der Waals surface area contributed by atoms with E-state index in [9.17, 15) is 0 Å². The minimum atomic E-state index is 0.572. The van der Waals surface area contributed by atoms with Crippen molar-refractivity contribution in [1.82, 2.24) is 14.5 Å². The Balaban J connectivity index is 1.19. The van der Waals surface area contributed by atoms with E-state index in [1.54, 1.807) is 0 Å². The molecule has 0 fully saturated rings. The van der Waals surface area contributed by atoms with Gasteiger partial charge in [0.05, 0.1) is 11.0 Å². The monoisotopic (exact) mass is 703 g/mol. The van der Waals surface area contributed by atoms with Crippen LogP contribution in [0.15, 0.2) is 185 Å². The summed E-state index contributed by atoms with van der Waals surface area (Å²) in [6.07, 6.45) is 0. The van der Waals surface area contributed by atoms with Gasteiger partial charge in [0.25, 0.3) is 0 Å². The van der Waals surface area contributed by atoms with Crippen molar-refractivity contribution >= 4 is 76.6 Å². The fraction of sp³-hybridized carbons (Fsp3) is 0. The Hall–Kier alpha value is -7.50. The Morgan fingerprint density at radius 2 is 0.964 bits per heavy atom. The zero-order valence-electron chi connectivity index (χ0n) is 29.4. The molecule has 5 nitrogen and oxygen atoms in total. The maximum Gasteiger partial charge on any atom is 0.236 e. The molecule has 5 heteroatoms. The largest absolute Gasteiger partial charge is 0.455 e. The lowest BCUT2D eigenvalue weighted by molar-refractivity contribution is 0.666. The number of rotatable bonds is 4. The SMILES string of the molecule is c1ccc(-c2cc(-c3ccccc3)cc(-c3nc(-n4c5ccccc5c5cc6ccc7c8ccccc8oc7c6cc54)nc4c3oc3ccccc34)c2)cc1. The fourth-order valence-electron chi connectivity index (χ4n) is 8.42. The lowest BCUT2D eigenvalue weighted by Gasteiger charge is -2.13. The molecule has 4 heterocycles. The van der Waals surface area contributed by atoms with Crippen molar-refractivity contribution in [3.63, 3.8) is 0 Å². The first-order valence-electron chi connectivity index (χ1n) is 18.5. The van der Waals surface area contributed by atoms with Gasteiger partial charge < -0.3 is 8.83 Å². The molecule has 0 bridgehead atoms. The fourth-order valence-corrected chi connectivity index (χ4v) is 8.42. The summed E-state index contributed by atoms with van der Waals surface area (Å²) in [6.45, 7) is 0. The van der Waals surface area contributed by atoms with E-state index in [1.807, 2.05) is 42.5 Å². The average molecular weight is 704 g/mol. The summed E-state index contributed by atoms with van der Waals surface area (Å²) in [5, 5.41) is 7.57. The summed E-state index contributed by atoms with van der Waals surface area (Å²) < 4.78 is 15.4. The number of furan rings is 2. The highest BCUT2D eigenvalue weighted by Gasteiger charge is 2.23. The summed E-state index contributed by atoms with van der Waals surface area (Å²) in [5.74, 6) is 0.572. The maximum atomic E-state index is 6.66. The third-order valence-electron chi connectivity index (χ3n) is 11.0. The summed E-state index contributed by atoms with van der Waals surface area (Å²) in [4.78, 5) is 10.9. The van der Waals surface area contributed by atoms with Crippen molar-refractivity contribution in [2.45, 2.75) is 0 Å². The molecule has 0 aliphatic rings. The van der Waals surface area contributed by atoms with Crippen molar-refractivity contribution in [2.24, 2.45) is 0 Å². The quantitative estimate of drug-likeness (QED) is 0.183. The molecule has 0 saturated heterocycles. The summed E-state index contributed by atoms with van der Waals surface area (Å²) in [5.41, 5.74) is 12.1. The maximum absolute atomic E-state index is 6.66. The van der Waals surface area contributed by atoms with Gasteiger partial charge >= 0.3 is 0 Å². The van der Waals surface area contributed by atoms with Gasteiger partial charge in [0.1, 0.15) is 28.0 Å². The minimum Gasteiger partial charge on any atom is -0.455 e. The molecule has 0 saturated carbocycles. The predicted molar refractivity (Wildman–Crippen MR) is 225 cm³/mol. The van der Waals surface area contributed by atoms with Gasteiger partial charge in [0.2, 0.25) is 5.95 Å². The van der Waals surface area contributed by atoms with Gasteiger partial charge in [-0.3, -0.25) is 4.57 Å². The second-order valence-electron chi connectivity index (χ2n) is 14.2. The third kappa shape index (κ3) is 4.53. The highest BCUT2D eigenvalue weighted by atomic mass is 16.3. The lowest BCUT2D eigenvalue weighted by Crippen LogP contribution is -2.03. The van der Waals surface area contributed by atoms with Gasteiger partial charge in [0, 0.05) is 37.9 Å². The van der Waals surface area contributed by atoms with Crippen LogP contribution in [0, 0.1) is 0 Å². The highest BCUT2D eigenvalue weighted by molar-refractivity contribution is 6.20. The van der Waals surface area contributed by atoms with Gasteiger partial charge in [-0.05, 0) is 88.3 Å². The van der Waals surface area contributed by atoms with Crippen LogP contribution in [0.1, 0.15) is 0 Å². The van der Waals surface area contributed by atoms with Crippen molar-refractivity contribution in [3.8, 4) is 39.5 Å². The summed E-state index contributed by atoms with van der Waals surface area (Å²) >= 11 is 0. The van der Waals surface area contributed by atoms with E-state index in [1.165, 1.54) is 0 Å². The number of fused-ring (bicyclic) bond motifs is 11. The van der Waals surface area contributed by atoms with Crippen molar-refractivity contribution in [3.05, 3.63) is 176 Å². The Kier molecular flexibility index (Phi) is 6.27. The number of benzene rings is 8. The van der Waals surface area contributed by atoms with E-state index in [2.05, 4.69) is 138 Å². The van der Waals surface area contributed by atoms with E-state index in [0.29, 0.717) is 11.5 Å². The van der Waals surface area contributed by atoms with Crippen LogP contribution in [0.2, 0.25) is 0 Å². The molecular formula is C50H29N3O2. The molecule has 4 aromatic heterocycles. The second kappa shape index (κ2) is 11.5. The minimum absolute atomic E-state index is 0.572. The topological polar surface area (TPSA) is 57.0 Å². The van der Waals surface area contributed by atoms with Crippen LogP contribution in [-0.2, 0) is 0 Å². The zero-order valence-corrected chi connectivity index (χ0v) is 29.4. The number of hydrogen-bond donors (Lipinski definition) is 0. The van der Waals surface area contributed by atoms with Crippen LogP contribution in [-0.4, -0.2) is 14.5 Å². The molecule has 0 atom stereocenters. The first-order chi connectivity index (χ1) is 27.2. The summed E-state index contributed by atoms with van der Waals surface area (Å²) in [6, 6.07) is 61.5. The Labute approximate surface area is 314 Å². The van der Waals surface area contributed by atoms with E-state index < -0.39 is 0 Å².